The van der Waals surface area contributed by atoms with E-state index in [1.807, 2.05) is 18.2 Å². The van der Waals surface area contributed by atoms with E-state index in [0.717, 1.165) is 35.0 Å². The first-order valence-corrected chi connectivity index (χ1v) is 7.76. The van der Waals surface area contributed by atoms with E-state index in [2.05, 4.69) is 15.9 Å². The molecule has 0 aliphatic heterocycles. The van der Waals surface area contributed by atoms with Crippen molar-refractivity contribution in [1.29, 1.82) is 0 Å². The van der Waals surface area contributed by atoms with Gasteiger partial charge in [-0.1, -0.05) is 40.4 Å². The van der Waals surface area contributed by atoms with E-state index < -0.39 is 0 Å². The maximum absolute atomic E-state index is 6.01. The quantitative estimate of drug-likeness (QED) is 0.706. The van der Waals surface area contributed by atoms with Gasteiger partial charge in [-0.2, -0.15) is 0 Å². The topological polar surface area (TPSA) is 9.23 Å². The maximum atomic E-state index is 6.01. The Hall–Kier alpha value is -0.210. The number of halogens is 2. The molecule has 94 valence electrons. The van der Waals surface area contributed by atoms with Crippen molar-refractivity contribution in [2.24, 2.45) is 5.92 Å². The van der Waals surface area contributed by atoms with Crippen LogP contribution in [0.1, 0.15) is 31.2 Å². The summed E-state index contributed by atoms with van der Waals surface area (Å²) in [7, 11) is 0. The number of aryl methyl sites for hydroxylation is 1. The van der Waals surface area contributed by atoms with Gasteiger partial charge in [-0.15, -0.1) is 0 Å². The third kappa shape index (κ3) is 3.89. The molecule has 0 saturated heterocycles. The second-order valence-electron chi connectivity index (χ2n) is 4.65. The van der Waals surface area contributed by atoms with Gasteiger partial charge in [0.15, 0.2) is 0 Å². The number of hydrogen-bond donors (Lipinski definition) is 0. The minimum atomic E-state index is 0.752. The molecule has 1 aliphatic rings. The Kier molecular flexibility index (Phi) is 5.17. The zero-order chi connectivity index (χ0) is 12.1. The molecule has 0 amide bonds. The lowest BCUT2D eigenvalue weighted by Crippen LogP contribution is -2.09. The molecule has 2 rings (SSSR count). The van der Waals surface area contributed by atoms with E-state index >= 15 is 0 Å². The molecule has 17 heavy (non-hydrogen) atoms. The number of ether oxygens (including phenoxy) is 1. The SMILES string of the molecule is Clc1ccc(OCC2CCCC2)c(CCBr)c1. The summed E-state index contributed by atoms with van der Waals surface area (Å²) in [5.41, 5.74) is 1.20. The first-order chi connectivity index (χ1) is 8.29. The van der Waals surface area contributed by atoms with Crippen LogP contribution in [0.3, 0.4) is 0 Å². The molecule has 3 heteroatoms. The molecule has 1 saturated carbocycles. The zero-order valence-corrected chi connectivity index (χ0v) is 12.3. The zero-order valence-electron chi connectivity index (χ0n) is 9.92. The van der Waals surface area contributed by atoms with Crippen LogP contribution in [0.5, 0.6) is 5.75 Å². The highest BCUT2D eigenvalue weighted by Gasteiger charge is 2.16. The van der Waals surface area contributed by atoms with Crippen molar-refractivity contribution < 1.29 is 4.74 Å². The van der Waals surface area contributed by atoms with Crippen LogP contribution in [0, 0.1) is 5.92 Å². The predicted molar refractivity (Wildman–Crippen MR) is 76.4 cm³/mol. The van der Waals surface area contributed by atoms with Crippen LogP contribution in [0.4, 0.5) is 0 Å². The molecule has 0 heterocycles. The van der Waals surface area contributed by atoms with Crippen LogP contribution in [-0.4, -0.2) is 11.9 Å². The van der Waals surface area contributed by atoms with Gasteiger partial charge in [-0.25, -0.2) is 0 Å². The molecule has 0 atom stereocenters. The molecule has 1 aliphatic carbocycles. The predicted octanol–water partition coefficient (Wildman–Crippen LogP) is 4.85. The lowest BCUT2D eigenvalue weighted by Gasteiger charge is -2.14. The third-order valence-electron chi connectivity index (χ3n) is 3.34. The molecule has 0 N–H and O–H groups in total. The minimum absolute atomic E-state index is 0.752. The standard InChI is InChI=1S/C14H18BrClO/c15-8-7-12-9-13(16)5-6-14(12)17-10-11-3-1-2-4-11/h5-6,9,11H,1-4,7-8,10H2. The van der Waals surface area contributed by atoms with Gasteiger partial charge < -0.3 is 4.74 Å². The van der Waals surface area contributed by atoms with Crippen LogP contribution in [0.2, 0.25) is 5.02 Å². The summed E-state index contributed by atoms with van der Waals surface area (Å²) in [6, 6.07) is 5.91. The first kappa shape index (κ1) is 13.2. The van der Waals surface area contributed by atoms with Gasteiger partial charge in [0.2, 0.25) is 0 Å². The summed E-state index contributed by atoms with van der Waals surface area (Å²) in [6.45, 7) is 0.858. The Balaban J connectivity index is 1.98. The molecular formula is C14H18BrClO. The molecule has 1 aromatic carbocycles. The van der Waals surface area contributed by atoms with E-state index in [1.165, 1.54) is 31.2 Å². The van der Waals surface area contributed by atoms with E-state index in [0.29, 0.717) is 0 Å². The second kappa shape index (κ2) is 6.65. The van der Waals surface area contributed by atoms with Gasteiger partial charge >= 0.3 is 0 Å². The summed E-state index contributed by atoms with van der Waals surface area (Å²) in [6.07, 6.45) is 6.33. The number of alkyl halides is 1. The highest BCUT2D eigenvalue weighted by Crippen LogP contribution is 2.28. The Morgan fingerprint density at radius 2 is 2.06 bits per heavy atom. The van der Waals surface area contributed by atoms with E-state index in [-0.39, 0.29) is 0 Å². The molecule has 0 spiro atoms. The highest BCUT2D eigenvalue weighted by molar-refractivity contribution is 9.09. The Bertz CT molecular complexity index is 361. The average Bonchev–Trinajstić information content (AvgIpc) is 2.81. The van der Waals surface area contributed by atoms with Crippen LogP contribution in [-0.2, 0) is 6.42 Å². The lowest BCUT2D eigenvalue weighted by molar-refractivity contribution is 0.250. The molecule has 1 aromatic rings. The Labute approximate surface area is 117 Å². The van der Waals surface area contributed by atoms with Crippen molar-refractivity contribution in [2.75, 3.05) is 11.9 Å². The normalized spacial score (nSPS) is 16.4. The molecule has 0 unspecified atom stereocenters. The summed E-state index contributed by atoms with van der Waals surface area (Å²) >= 11 is 9.47. The van der Waals surface area contributed by atoms with E-state index in [1.54, 1.807) is 0 Å². The van der Waals surface area contributed by atoms with Gasteiger partial charge in [0.05, 0.1) is 6.61 Å². The molecule has 1 fully saturated rings. The largest absolute Gasteiger partial charge is 0.493 e. The van der Waals surface area contributed by atoms with Crippen molar-refractivity contribution >= 4 is 27.5 Å². The monoisotopic (exact) mass is 316 g/mol. The van der Waals surface area contributed by atoms with Crippen molar-refractivity contribution in [3.8, 4) is 5.75 Å². The van der Waals surface area contributed by atoms with Crippen LogP contribution < -0.4 is 4.74 Å². The molecular weight excluding hydrogens is 300 g/mol. The smallest absolute Gasteiger partial charge is 0.122 e. The van der Waals surface area contributed by atoms with Crippen LogP contribution in [0.15, 0.2) is 18.2 Å². The van der Waals surface area contributed by atoms with Crippen molar-refractivity contribution in [3.63, 3.8) is 0 Å². The summed E-state index contributed by atoms with van der Waals surface area (Å²) in [5, 5.41) is 1.72. The molecule has 0 radical (unpaired) electrons. The maximum Gasteiger partial charge on any atom is 0.122 e. The number of rotatable bonds is 5. The second-order valence-corrected chi connectivity index (χ2v) is 5.88. The van der Waals surface area contributed by atoms with Crippen molar-refractivity contribution in [2.45, 2.75) is 32.1 Å². The Morgan fingerprint density at radius 3 is 2.76 bits per heavy atom. The number of benzene rings is 1. The molecule has 0 bridgehead atoms. The minimum Gasteiger partial charge on any atom is -0.493 e. The van der Waals surface area contributed by atoms with Crippen LogP contribution in [0.25, 0.3) is 0 Å². The van der Waals surface area contributed by atoms with Gasteiger partial charge in [0, 0.05) is 10.4 Å². The van der Waals surface area contributed by atoms with E-state index in [9.17, 15) is 0 Å². The van der Waals surface area contributed by atoms with Gasteiger partial charge in [0.25, 0.3) is 0 Å². The highest BCUT2D eigenvalue weighted by atomic mass is 79.9. The van der Waals surface area contributed by atoms with Gasteiger partial charge in [-0.3, -0.25) is 0 Å². The number of hydrogen-bond acceptors (Lipinski definition) is 1. The first-order valence-electron chi connectivity index (χ1n) is 6.27. The molecule has 1 nitrogen and oxygen atoms in total. The third-order valence-corrected chi connectivity index (χ3v) is 3.97. The summed E-state index contributed by atoms with van der Waals surface area (Å²) in [4.78, 5) is 0. The van der Waals surface area contributed by atoms with Crippen molar-refractivity contribution in [1.82, 2.24) is 0 Å². The average molecular weight is 318 g/mol. The fourth-order valence-corrected chi connectivity index (χ4v) is 2.99. The van der Waals surface area contributed by atoms with Crippen LogP contribution >= 0.6 is 27.5 Å². The van der Waals surface area contributed by atoms with Gasteiger partial charge in [0.1, 0.15) is 5.75 Å². The van der Waals surface area contributed by atoms with Crippen molar-refractivity contribution in [3.05, 3.63) is 28.8 Å². The van der Waals surface area contributed by atoms with Gasteiger partial charge in [-0.05, 0) is 48.9 Å². The summed E-state index contributed by atoms with van der Waals surface area (Å²) < 4.78 is 5.95. The summed E-state index contributed by atoms with van der Waals surface area (Å²) in [5.74, 6) is 1.75. The molecule has 0 aromatic heterocycles. The lowest BCUT2D eigenvalue weighted by atomic mass is 10.1. The Morgan fingerprint density at radius 1 is 1.29 bits per heavy atom. The van der Waals surface area contributed by atoms with E-state index in [4.69, 9.17) is 16.3 Å². The fourth-order valence-electron chi connectivity index (χ4n) is 2.37. The fraction of sp³-hybridized carbons (Fsp3) is 0.571.